The number of nitrogens with zero attached hydrogens (tertiary/aromatic N) is 1. The van der Waals surface area contributed by atoms with Crippen molar-refractivity contribution < 1.29 is 16.8 Å². The summed E-state index contributed by atoms with van der Waals surface area (Å²) in [5.74, 6) is 0. The normalized spacial score (nSPS) is 20.2. The minimum absolute atomic E-state index is 0.0552. The van der Waals surface area contributed by atoms with Gasteiger partial charge in [0.15, 0.2) is 0 Å². The van der Waals surface area contributed by atoms with Crippen LogP contribution in [0.5, 0.6) is 0 Å². The van der Waals surface area contributed by atoms with Crippen LogP contribution in [0.15, 0.2) is 46.2 Å². The first-order valence-electron chi connectivity index (χ1n) is 4.68. The van der Waals surface area contributed by atoms with Crippen LogP contribution in [-0.2, 0) is 20.0 Å². The number of benzene rings is 2. The molecule has 2 aromatic carbocycles. The summed E-state index contributed by atoms with van der Waals surface area (Å²) >= 11 is 0. The van der Waals surface area contributed by atoms with Gasteiger partial charge in [0.2, 0.25) is 0 Å². The fraction of sp³-hybridized carbons (Fsp3) is 0. The minimum atomic E-state index is -4.12. The Bertz CT molecular complexity index is 771. The molecule has 1 aliphatic rings. The van der Waals surface area contributed by atoms with Crippen molar-refractivity contribution in [2.24, 2.45) is 0 Å². The molecule has 2 aromatic rings. The monoisotopic (exact) mass is 268 g/mol. The lowest BCUT2D eigenvalue weighted by Gasteiger charge is -2.28. The molecule has 0 saturated carbocycles. The van der Waals surface area contributed by atoms with Crippen LogP contribution in [0.25, 0.3) is 14.9 Å². The van der Waals surface area contributed by atoms with Crippen molar-refractivity contribution in [3.63, 3.8) is 0 Å². The molecule has 0 amide bonds. The van der Waals surface area contributed by atoms with E-state index in [1.165, 1.54) is 12.1 Å². The lowest BCUT2D eigenvalue weighted by molar-refractivity contribution is 0.594. The highest BCUT2D eigenvalue weighted by Crippen LogP contribution is 2.39. The smallest absolute Gasteiger partial charge is 0.113 e. The van der Waals surface area contributed by atoms with Crippen LogP contribution in [-0.4, -0.2) is 16.8 Å². The number of hydrogen-bond acceptors (Lipinski definition) is 4. The van der Waals surface area contributed by atoms with Crippen molar-refractivity contribution in [2.75, 3.05) is 0 Å². The van der Waals surface area contributed by atoms with Gasteiger partial charge in [-0.25, -0.2) is 16.8 Å². The van der Waals surface area contributed by atoms with Crippen molar-refractivity contribution >= 4 is 30.8 Å². The van der Waals surface area contributed by atoms with Gasteiger partial charge in [0.1, 0.15) is 20.0 Å². The molecule has 1 aliphatic heterocycles. The summed E-state index contributed by atoms with van der Waals surface area (Å²) in [5, 5.41) is 0.798. The molecule has 88 valence electrons. The number of rotatable bonds is 0. The predicted octanol–water partition coefficient (Wildman–Crippen LogP) is 1.60. The topological polar surface area (TPSA) is 82.4 Å². The highest BCUT2D eigenvalue weighted by atomic mass is 32.3. The number of hydrogen-bond donors (Lipinski definition) is 0. The molecule has 0 atom stereocenters. The Hall–Kier alpha value is -1.44. The second-order valence-electron chi connectivity index (χ2n) is 3.64. The van der Waals surface area contributed by atoms with E-state index in [4.69, 9.17) is 0 Å². The van der Waals surface area contributed by atoms with E-state index < -0.39 is 20.0 Å². The summed E-state index contributed by atoms with van der Waals surface area (Å²) in [4.78, 5) is -0.110. The lowest BCUT2D eigenvalue weighted by Crippen LogP contribution is -2.14. The number of sulfonamides is 2. The van der Waals surface area contributed by atoms with Gasteiger partial charge in [-0.2, -0.15) is 0 Å². The molecule has 0 fully saturated rings. The maximum Gasteiger partial charge on any atom is 0.113 e. The lowest BCUT2D eigenvalue weighted by atomic mass is 10.1. The fourth-order valence-corrected chi connectivity index (χ4v) is 5.13. The molecule has 1 heterocycles. The van der Waals surface area contributed by atoms with E-state index in [0.29, 0.717) is 5.39 Å². The summed E-state index contributed by atoms with van der Waals surface area (Å²) in [5.41, 5.74) is 0. The van der Waals surface area contributed by atoms with Crippen molar-refractivity contribution in [1.29, 1.82) is 0 Å². The molecule has 0 spiro atoms. The average molecular weight is 268 g/mol. The largest absolute Gasteiger partial charge is 0.428 e. The molecule has 5 nitrogen and oxygen atoms in total. The van der Waals surface area contributed by atoms with Gasteiger partial charge in [0.05, 0.1) is 9.79 Å². The van der Waals surface area contributed by atoms with Crippen LogP contribution in [0.2, 0.25) is 0 Å². The highest BCUT2D eigenvalue weighted by Gasteiger charge is 2.24. The Morgan fingerprint density at radius 1 is 0.765 bits per heavy atom. The first-order valence-corrected chi connectivity index (χ1v) is 7.56. The van der Waals surface area contributed by atoms with Crippen molar-refractivity contribution in [3.05, 3.63) is 40.5 Å². The zero-order valence-electron chi connectivity index (χ0n) is 8.36. The summed E-state index contributed by atoms with van der Waals surface area (Å²) in [6, 6.07) is 9.18. The molecule has 0 bridgehead atoms. The van der Waals surface area contributed by atoms with E-state index >= 15 is 0 Å². The van der Waals surface area contributed by atoms with E-state index in [9.17, 15) is 16.8 Å². The Labute approximate surface area is 98.2 Å². The summed E-state index contributed by atoms with van der Waals surface area (Å²) in [6.45, 7) is 0. The highest BCUT2D eigenvalue weighted by molar-refractivity contribution is 8.13. The van der Waals surface area contributed by atoms with Gasteiger partial charge in [0, 0.05) is 5.39 Å². The maximum atomic E-state index is 11.7. The molecule has 0 N–H and O–H groups in total. The molecule has 3 rings (SSSR count). The zero-order valence-corrected chi connectivity index (χ0v) is 9.99. The van der Waals surface area contributed by atoms with Crippen molar-refractivity contribution in [1.82, 2.24) is 0 Å². The third kappa shape index (κ3) is 1.40. The molecular weight excluding hydrogens is 262 g/mol. The molecule has 0 aliphatic carbocycles. The van der Waals surface area contributed by atoms with E-state index in [0.717, 1.165) is 0 Å². The van der Waals surface area contributed by atoms with E-state index in [2.05, 4.69) is 4.13 Å². The molecule has 0 radical (unpaired) electrons. The SMILES string of the molecule is O=S1(=O)[N-]S(=O)(=O)c2cccc3cccc1c23. The minimum Gasteiger partial charge on any atom is -0.428 e. The van der Waals surface area contributed by atoms with Crippen LogP contribution in [0.4, 0.5) is 0 Å². The van der Waals surface area contributed by atoms with Gasteiger partial charge in [0.25, 0.3) is 0 Å². The maximum absolute atomic E-state index is 11.7. The van der Waals surface area contributed by atoms with Gasteiger partial charge in [-0.3, -0.25) is 0 Å². The van der Waals surface area contributed by atoms with Crippen LogP contribution in [0.1, 0.15) is 0 Å². The first-order chi connectivity index (χ1) is 7.92. The van der Waals surface area contributed by atoms with Crippen molar-refractivity contribution in [3.8, 4) is 0 Å². The van der Waals surface area contributed by atoms with Crippen LogP contribution >= 0.6 is 0 Å². The second-order valence-corrected chi connectivity index (χ2v) is 7.01. The van der Waals surface area contributed by atoms with E-state index in [1.54, 1.807) is 24.3 Å². The Kier molecular flexibility index (Phi) is 1.93. The summed E-state index contributed by atoms with van der Waals surface area (Å²) in [7, 11) is -8.24. The third-order valence-corrected chi connectivity index (χ3v) is 5.94. The van der Waals surface area contributed by atoms with Gasteiger partial charge in [-0.15, -0.1) is 0 Å². The zero-order chi connectivity index (χ0) is 12.3. The average Bonchev–Trinajstić information content (AvgIpc) is 2.24. The summed E-state index contributed by atoms with van der Waals surface area (Å²) in [6.07, 6.45) is 0. The van der Waals surface area contributed by atoms with E-state index in [1.807, 2.05) is 0 Å². The molecular formula is C10H6NO4S2-. The Morgan fingerprint density at radius 2 is 1.24 bits per heavy atom. The predicted molar refractivity (Wildman–Crippen MR) is 61.7 cm³/mol. The van der Waals surface area contributed by atoms with Gasteiger partial charge >= 0.3 is 0 Å². The molecule has 7 heteroatoms. The quantitative estimate of drug-likeness (QED) is 0.726. The molecule has 0 aromatic heterocycles. The van der Waals surface area contributed by atoms with Gasteiger partial charge in [-0.1, -0.05) is 24.3 Å². The van der Waals surface area contributed by atoms with Crippen LogP contribution in [0, 0.1) is 0 Å². The van der Waals surface area contributed by atoms with Crippen LogP contribution < -0.4 is 0 Å². The van der Waals surface area contributed by atoms with Crippen molar-refractivity contribution in [2.45, 2.75) is 9.79 Å². The Balaban J connectivity index is 2.70. The third-order valence-electron chi connectivity index (χ3n) is 2.58. The molecule has 0 saturated heterocycles. The van der Waals surface area contributed by atoms with Gasteiger partial charge in [-0.05, 0) is 17.5 Å². The Morgan fingerprint density at radius 3 is 1.71 bits per heavy atom. The summed E-state index contributed by atoms with van der Waals surface area (Å²) < 4.78 is 49.9. The van der Waals surface area contributed by atoms with Gasteiger partial charge < -0.3 is 4.13 Å². The first kappa shape index (κ1) is 10.7. The second kappa shape index (κ2) is 3.06. The molecule has 0 unspecified atom stereocenters. The fourth-order valence-electron chi connectivity index (χ4n) is 1.91. The standard InChI is InChI=1S/C10H6NO4S2/c12-16(13)8-5-1-3-7-4-2-6-9(10(7)8)17(14,15)11-16/h1-6H/q-1. The van der Waals surface area contributed by atoms with Crippen LogP contribution in [0.3, 0.4) is 0 Å². The molecule has 17 heavy (non-hydrogen) atoms. The van der Waals surface area contributed by atoms with E-state index in [-0.39, 0.29) is 15.2 Å².